The topological polar surface area (TPSA) is 13.1 Å². The largest absolute Gasteiger partial charge is 0.455 e. The summed E-state index contributed by atoms with van der Waals surface area (Å²) in [5.41, 5.74) is -6.28. The molecular formula is C50H30O. The quantitative estimate of drug-likeness (QED) is 0.170. The first-order chi connectivity index (χ1) is 37.8. The third kappa shape index (κ3) is 4.22. The SMILES string of the molecule is [2H]c1c([2H])c(-c2c([2H])c(-c3c4c([2H])c([2H])c([2H])c([2H])c4c(-c4c([2H])c([2H])c5c([2H])c([2H])c([2H])c([2H])c5c4[2H])c4c([2H])c([2H])c([2H])c([2H])c34)c([2H])c3c([2H])c([2H])c([2H])c([2H])c23)c2c(oc3c4c([2H])c([2H])c([2H])c([2H])c4c([2H])c([2H])c32)c1[2H]. The van der Waals surface area contributed by atoms with Gasteiger partial charge in [-0.3, -0.25) is 0 Å². The van der Waals surface area contributed by atoms with Crippen LogP contribution in [0.5, 0.6) is 0 Å². The first kappa shape index (κ1) is 11.7. The van der Waals surface area contributed by atoms with Crippen molar-refractivity contribution in [3.63, 3.8) is 0 Å². The summed E-state index contributed by atoms with van der Waals surface area (Å²) in [6.07, 6.45) is 0. The summed E-state index contributed by atoms with van der Waals surface area (Å²) in [6, 6.07) is -28.8. The lowest BCUT2D eigenvalue weighted by molar-refractivity contribution is 0.673. The molecular weight excluding hydrogens is 617 g/mol. The first-order valence-electron chi connectivity index (χ1n) is 30.2. The summed E-state index contributed by atoms with van der Waals surface area (Å²) in [5.74, 6) is 0. The average Bonchev–Trinajstić information content (AvgIpc) is 2.43. The van der Waals surface area contributed by atoms with Gasteiger partial charge in [-0.25, -0.2) is 0 Å². The van der Waals surface area contributed by atoms with Gasteiger partial charge in [-0.1, -0.05) is 151 Å². The van der Waals surface area contributed by atoms with E-state index in [0.29, 0.717) is 0 Å². The van der Waals surface area contributed by atoms with E-state index in [1.807, 2.05) is 0 Å². The molecule has 0 unspecified atom stereocenters. The molecule has 1 heterocycles. The molecule has 0 aliphatic carbocycles. The Hall–Kier alpha value is -6.70. The summed E-state index contributed by atoms with van der Waals surface area (Å²) in [6.45, 7) is 0. The van der Waals surface area contributed by atoms with Crippen LogP contribution in [0.4, 0.5) is 0 Å². The Morgan fingerprint density at radius 2 is 0.882 bits per heavy atom. The molecule has 0 bridgehead atoms. The Morgan fingerprint density at radius 3 is 1.61 bits per heavy atom. The fourth-order valence-corrected chi connectivity index (χ4v) is 6.44. The molecule has 11 aromatic rings. The fraction of sp³-hybridized carbons (Fsp3) is 0. The van der Waals surface area contributed by atoms with E-state index in [-0.39, 0.29) is 0 Å². The van der Waals surface area contributed by atoms with Crippen LogP contribution in [-0.4, -0.2) is 0 Å². The molecule has 0 amide bonds. The maximum absolute atomic E-state index is 10.4. The smallest absolute Gasteiger partial charge is 0.143 e. The number of hydrogen-bond acceptors (Lipinski definition) is 1. The van der Waals surface area contributed by atoms with E-state index in [0.717, 1.165) is 0 Å². The molecule has 0 saturated carbocycles. The van der Waals surface area contributed by atoms with E-state index < -0.39 is 290 Å². The second-order valence-corrected chi connectivity index (χ2v) is 11.3. The van der Waals surface area contributed by atoms with Gasteiger partial charge in [0.25, 0.3) is 0 Å². The molecule has 0 aliphatic heterocycles. The molecule has 0 aliphatic rings. The van der Waals surface area contributed by atoms with Crippen LogP contribution in [0.2, 0.25) is 0 Å². The van der Waals surface area contributed by atoms with E-state index in [1.54, 1.807) is 0 Å². The van der Waals surface area contributed by atoms with Crippen molar-refractivity contribution in [2.75, 3.05) is 0 Å². The monoisotopic (exact) mass is 676 g/mol. The normalized spacial score (nSPS) is 20.2. The molecule has 1 heteroatoms. The standard InChI is InChI=1S/C50H30O/c1-2-14-33-28-35(25-24-31(33)12-1)47-39-18-7-9-20-41(39)48(42-21-10-8-19-40(42)47)36-29-34-15-4-5-16-37(34)45(30-36)43-22-11-23-46-49(43)44-27-26-32-13-3-6-17-38(32)50(44)51-46/h1-30H/i1D,2D,3D,4D,5D,6D,7D,8D,9D,10D,11D,12D,13D,14D,15D,16D,17D,18D,19D,20D,21D,22D,23D,24D,25D,26D,27D,28D,29D,30D. The maximum atomic E-state index is 10.4. The van der Waals surface area contributed by atoms with Crippen LogP contribution in [0.1, 0.15) is 41.1 Å². The van der Waals surface area contributed by atoms with Crippen molar-refractivity contribution in [1.82, 2.24) is 0 Å². The van der Waals surface area contributed by atoms with Gasteiger partial charge in [0.15, 0.2) is 0 Å². The Morgan fingerprint density at radius 1 is 0.333 bits per heavy atom. The predicted octanol–water partition coefficient (Wildman–Crippen LogP) is 14.4. The lowest BCUT2D eigenvalue weighted by atomic mass is 9.84. The van der Waals surface area contributed by atoms with E-state index in [2.05, 4.69) is 0 Å². The van der Waals surface area contributed by atoms with E-state index in [1.165, 1.54) is 0 Å². The second kappa shape index (κ2) is 10.9. The number of hydrogen-bond donors (Lipinski definition) is 0. The van der Waals surface area contributed by atoms with Crippen LogP contribution in [0.15, 0.2) is 186 Å². The summed E-state index contributed by atoms with van der Waals surface area (Å²) >= 11 is 0. The van der Waals surface area contributed by atoms with Crippen molar-refractivity contribution in [2.45, 2.75) is 0 Å². The van der Waals surface area contributed by atoms with Gasteiger partial charge in [0.2, 0.25) is 0 Å². The molecule has 10 aromatic carbocycles. The first-order valence-corrected chi connectivity index (χ1v) is 15.2. The van der Waals surface area contributed by atoms with Crippen LogP contribution >= 0.6 is 0 Å². The summed E-state index contributed by atoms with van der Waals surface area (Å²) in [4.78, 5) is 0. The Bertz CT molecular complexity index is 4850. The van der Waals surface area contributed by atoms with E-state index in [4.69, 9.17) is 29.1 Å². The van der Waals surface area contributed by atoms with Crippen LogP contribution in [0.3, 0.4) is 0 Å². The Balaban J connectivity index is 1.48. The molecule has 0 N–H and O–H groups in total. The third-order valence-electron chi connectivity index (χ3n) is 8.56. The molecule has 0 spiro atoms. The van der Waals surface area contributed by atoms with Crippen LogP contribution < -0.4 is 0 Å². The minimum atomic E-state index is -1.13. The van der Waals surface area contributed by atoms with Crippen molar-refractivity contribution in [3.05, 3.63) is 181 Å². The number of benzene rings is 10. The molecule has 236 valence electrons. The molecule has 0 radical (unpaired) electrons. The Labute approximate surface area is 336 Å². The molecule has 1 aromatic heterocycles. The number of fused-ring (bicyclic) bond motifs is 9. The van der Waals surface area contributed by atoms with Gasteiger partial charge in [0.05, 0.1) is 41.1 Å². The number of furan rings is 1. The number of rotatable bonds is 3. The van der Waals surface area contributed by atoms with E-state index >= 15 is 0 Å². The highest BCUT2D eigenvalue weighted by molar-refractivity contribution is 6.24. The second-order valence-electron chi connectivity index (χ2n) is 11.3. The van der Waals surface area contributed by atoms with Crippen molar-refractivity contribution < 1.29 is 45.5 Å². The van der Waals surface area contributed by atoms with Gasteiger partial charge in [-0.15, -0.1) is 0 Å². The molecule has 11 rings (SSSR count). The maximum Gasteiger partial charge on any atom is 0.143 e. The predicted molar refractivity (Wildman–Crippen MR) is 218 cm³/mol. The average molecular weight is 677 g/mol. The summed E-state index contributed by atoms with van der Waals surface area (Å²) < 4.78 is 280. The van der Waals surface area contributed by atoms with Crippen molar-refractivity contribution in [1.29, 1.82) is 0 Å². The fourth-order valence-electron chi connectivity index (χ4n) is 6.44. The molecule has 0 saturated heterocycles. The van der Waals surface area contributed by atoms with Gasteiger partial charge in [0, 0.05) is 16.2 Å². The molecule has 1 nitrogen and oxygen atoms in total. The zero-order valence-corrected chi connectivity index (χ0v) is 25.4. The molecule has 51 heavy (non-hydrogen) atoms. The van der Waals surface area contributed by atoms with Gasteiger partial charge in [-0.2, -0.15) is 0 Å². The highest BCUT2D eigenvalue weighted by Gasteiger charge is 2.20. The van der Waals surface area contributed by atoms with Gasteiger partial charge in [0.1, 0.15) is 11.2 Å². The summed E-state index contributed by atoms with van der Waals surface area (Å²) in [7, 11) is 0. The third-order valence-corrected chi connectivity index (χ3v) is 8.56. The minimum absolute atomic E-state index is 0.492. The minimum Gasteiger partial charge on any atom is -0.455 e. The summed E-state index contributed by atoms with van der Waals surface area (Å²) in [5, 5.41) is -8.26. The van der Waals surface area contributed by atoms with Gasteiger partial charge < -0.3 is 4.42 Å². The highest BCUT2D eigenvalue weighted by atomic mass is 16.3. The lowest BCUT2D eigenvalue weighted by Gasteiger charge is -2.19. The van der Waals surface area contributed by atoms with Gasteiger partial charge in [-0.05, 0) is 112 Å². The van der Waals surface area contributed by atoms with Crippen LogP contribution in [0, 0.1) is 0 Å². The lowest BCUT2D eigenvalue weighted by Crippen LogP contribution is -1.92. The van der Waals surface area contributed by atoms with Crippen LogP contribution in [-0.2, 0) is 0 Å². The zero-order valence-electron chi connectivity index (χ0n) is 55.4. The Kier molecular flexibility index (Phi) is 2.50. The van der Waals surface area contributed by atoms with Gasteiger partial charge >= 0.3 is 0 Å². The van der Waals surface area contributed by atoms with Crippen molar-refractivity contribution >= 4 is 75.8 Å². The molecule has 0 atom stereocenters. The van der Waals surface area contributed by atoms with Crippen molar-refractivity contribution in [3.8, 4) is 33.4 Å². The highest BCUT2D eigenvalue weighted by Crippen LogP contribution is 2.47. The zero-order chi connectivity index (χ0) is 59.6. The van der Waals surface area contributed by atoms with Crippen molar-refractivity contribution in [2.24, 2.45) is 0 Å². The van der Waals surface area contributed by atoms with E-state index in [9.17, 15) is 16.4 Å². The molecule has 0 fully saturated rings. The van der Waals surface area contributed by atoms with Crippen LogP contribution in [0.25, 0.3) is 109 Å².